The van der Waals surface area contributed by atoms with Crippen LogP contribution in [0.25, 0.3) is 0 Å². The Balaban J connectivity index is 2.75. The number of esters is 1. The Bertz CT molecular complexity index is 457. The van der Waals surface area contributed by atoms with E-state index in [-0.39, 0.29) is 30.4 Å². The van der Waals surface area contributed by atoms with E-state index in [1.807, 2.05) is 20.1 Å². The van der Waals surface area contributed by atoms with E-state index in [2.05, 4.69) is 10.6 Å². The summed E-state index contributed by atoms with van der Waals surface area (Å²) in [5.74, 6) is 0.327. The number of rotatable bonds is 4. The molecule has 0 radical (unpaired) electrons. The van der Waals surface area contributed by atoms with Crippen molar-refractivity contribution >= 4 is 29.5 Å². The van der Waals surface area contributed by atoms with E-state index in [4.69, 9.17) is 4.74 Å². The van der Waals surface area contributed by atoms with Crippen LogP contribution in [-0.4, -0.2) is 48.5 Å². The summed E-state index contributed by atoms with van der Waals surface area (Å²) in [5, 5.41) is 5.80. The van der Waals surface area contributed by atoms with Crippen molar-refractivity contribution in [2.45, 2.75) is 77.3 Å². The third-order valence-corrected chi connectivity index (χ3v) is 5.15. The van der Waals surface area contributed by atoms with Crippen LogP contribution in [0.3, 0.4) is 0 Å². The van der Waals surface area contributed by atoms with Gasteiger partial charge in [-0.25, -0.2) is 4.79 Å². The number of thioether (sulfide) groups is 1. The maximum atomic E-state index is 12.4. The molecule has 0 aromatic heterocycles. The van der Waals surface area contributed by atoms with Crippen LogP contribution in [0.5, 0.6) is 0 Å². The fourth-order valence-corrected chi connectivity index (χ4v) is 3.39. The average Bonchev–Trinajstić information content (AvgIpc) is 2.59. The summed E-state index contributed by atoms with van der Waals surface area (Å²) < 4.78 is 5.45. The van der Waals surface area contributed by atoms with Crippen LogP contribution in [0.1, 0.15) is 65.2 Å². The number of hydrogen-bond donors (Lipinski definition) is 2. The monoisotopic (exact) mass is 386 g/mol. The molecule has 0 aromatic carbocycles. The second kappa shape index (κ2) is 13.0. The molecule has 150 valence electrons. The minimum Gasteiger partial charge on any atom is -0.462 e. The smallest absolute Gasteiger partial charge is 0.328 e. The van der Waals surface area contributed by atoms with Gasteiger partial charge < -0.3 is 15.4 Å². The fraction of sp³-hybridized carbons (Fsp3) is 0.842. The molecule has 1 aliphatic rings. The quantitative estimate of drug-likeness (QED) is 0.726. The first-order valence-corrected chi connectivity index (χ1v) is 11.1. The topological polar surface area (TPSA) is 84.5 Å². The predicted octanol–water partition coefficient (Wildman–Crippen LogP) is 2.65. The third-order valence-electron chi connectivity index (χ3n) is 4.51. The molecule has 1 aliphatic heterocycles. The van der Waals surface area contributed by atoms with Gasteiger partial charge in [0.25, 0.3) is 0 Å². The molecule has 0 unspecified atom stereocenters. The Hall–Kier alpha value is -1.24. The summed E-state index contributed by atoms with van der Waals surface area (Å²) >= 11 is 1.69. The normalized spacial score (nSPS) is 24.7. The molecule has 2 atom stereocenters. The molecule has 26 heavy (non-hydrogen) atoms. The molecule has 0 aliphatic carbocycles. The van der Waals surface area contributed by atoms with Crippen molar-refractivity contribution in [3.63, 3.8) is 0 Å². The first-order valence-electron chi connectivity index (χ1n) is 9.68. The van der Waals surface area contributed by atoms with E-state index in [1.54, 1.807) is 11.8 Å². The first-order chi connectivity index (χ1) is 12.4. The zero-order chi connectivity index (χ0) is 19.4. The number of nitrogens with one attached hydrogen (secondary N) is 2. The minimum absolute atomic E-state index is 0.0213. The summed E-state index contributed by atoms with van der Waals surface area (Å²) in [6, 6.07) is -0.831. The van der Waals surface area contributed by atoms with Gasteiger partial charge >= 0.3 is 5.97 Å². The molecule has 1 rings (SSSR count). The van der Waals surface area contributed by atoms with Gasteiger partial charge in [0.1, 0.15) is 12.6 Å². The van der Waals surface area contributed by atoms with Gasteiger partial charge in [-0.3, -0.25) is 9.59 Å². The van der Waals surface area contributed by atoms with Crippen molar-refractivity contribution in [3.05, 3.63) is 0 Å². The lowest BCUT2D eigenvalue weighted by Gasteiger charge is -2.24. The highest BCUT2D eigenvalue weighted by Crippen LogP contribution is 2.11. The van der Waals surface area contributed by atoms with Gasteiger partial charge in [0, 0.05) is 12.8 Å². The third kappa shape index (κ3) is 9.46. The molecule has 0 saturated carbocycles. The molecule has 6 nitrogen and oxygen atoms in total. The summed E-state index contributed by atoms with van der Waals surface area (Å²) in [7, 11) is 0. The van der Waals surface area contributed by atoms with Gasteiger partial charge in [-0.2, -0.15) is 11.8 Å². The largest absolute Gasteiger partial charge is 0.462 e. The lowest BCUT2D eigenvalue weighted by atomic mass is 10.0. The molecule has 2 amide bonds. The molecule has 1 saturated heterocycles. The van der Waals surface area contributed by atoms with Crippen LogP contribution in [0.2, 0.25) is 0 Å². The maximum absolute atomic E-state index is 12.4. The van der Waals surface area contributed by atoms with Gasteiger partial charge in [-0.1, -0.05) is 33.1 Å². The lowest BCUT2D eigenvalue weighted by Crippen LogP contribution is -2.47. The molecule has 0 bridgehead atoms. The minimum atomic E-state index is -0.646. The Morgan fingerprint density at radius 3 is 2.15 bits per heavy atom. The van der Waals surface area contributed by atoms with E-state index in [1.165, 1.54) is 0 Å². The Morgan fingerprint density at radius 2 is 1.58 bits per heavy atom. The molecule has 1 heterocycles. The fourth-order valence-electron chi connectivity index (χ4n) is 2.87. The average molecular weight is 387 g/mol. The lowest BCUT2D eigenvalue weighted by molar-refractivity contribution is -0.150. The number of carbonyl (C=O) groups is 3. The summed E-state index contributed by atoms with van der Waals surface area (Å²) in [6.45, 7) is 3.92. The molecule has 1 fully saturated rings. The second-order valence-electron chi connectivity index (χ2n) is 7.23. The van der Waals surface area contributed by atoms with E-state index in [0.29, 0.717) is 12.8 Å². The zero-order valence-corrected chi connectivity index (χ0v) is 17.2. The van der Waals surface area contributed by atoms with E-state index >= 15 is 0 Å². The molecular weight excluding hydrogens is 352 g/mol. The standard InChI is InChI=1S/C19H34N2O4S/c1-14(2)18-19(24)25-13-15(11-12-26-3)20-16(22)9-7-5-4-6-8-10-17(23)21-18/h14-15,18H,4-13H2,1-3H3,(H,20,22)(H,21,23)/t15-,18-/m0/s1. The van der Waals surface area contributed by atoms with Gasteiger partial charge in [0.05, 0.1) is 6.04 Å². The van der Waals surface area contributed by atoms with E-state index in [0.717, 1.165) is 44.3 Å². The SMILES string of the molecule is CSCC[C@H]1COC(=O)[C@H](C(C)C)NC(=O)CCCCCCCC(=O)N1. The maximum Gasteiger partial charge on any atom is 0.328 e. The summed E-state index contributed by atoms with van der Waals surface area (Å²) in [4.78, 5) is 36.7. The first kappa shape index (κ1) is 22.8. The molecule has 2 N–H and O–H groups in total. The van der Waals surface area contributed by atoms with Crippen LogP contribution in [-0.2, 0) is 19.1 Å². The number of amides is 2. The van der Waals surface area contributed by atoms with E-state index < -0.39 is 12.0 Å². The van der Waals surface area contributed by atoms with Crippen LogP contribution in [0.4, 0.5) is 0 Å². The molecular formula is C19H34N2O4S. The van der Waals surface area contributed by atoms with E-state index in [9.17, 15) is 14.4 Å². The van der Waals surface area contributed by atoms with Crippen LogP contribution < -0.4 is 10.6 Å². The highest BCUT2D eigenvalue weighted by molar-refractivity contribution is 7.98. The predicted molar refractivity (Wildman–Crippen MR) is 105 cm³/mol. The van der Waals surface area contributed by atoms with Gasteiger partial charge in [-0.15, -0.1) is 0 Å². The van der Waals surface area contributed by atoms with Crippen molar-refractivity contribution in [1.82, 2.24) is 10.6 Å². The molecule has 0 aromatic rings. The van der Waals surface area contributed by atoms with Crippen molar-refractivity contribution in [1.29, 1.82) is 0 Å². The van der Waals surface area contributed by atoms with Crippen molar-refractivity contribution in [3.8, 4) is 0 Å². The van der Waals surface area contributed by atoms with Crippen LogP contribution in [0, 0.1) is 5.92 Å². The Morgan fingerprint density at radius 1 is 1.00 bits per heavy atom. The Labute approximate surface area is 161 Å². The zero-order valence-electron chi connectivity index (χ0n) is 16.3. The second-order valence-corrected chi connectivity index (χ2v) is 8.22. The summed E-state index contributed by atoms with van der Waals surface area (Å²) in [5.41, 5.74) is 0. The van der Waals surface area contributed by atoms with Gasteiger partial charge in [-0.05, 0) is 37.2 Å². The number of carbonyl (C=O) groups excluding carboxylic acids is 3. The van der Waals surface area contributed by atoms with Crippen LogP contribution >= 0.6 is 11.8 Å². The Kier molecular flexibility index (Phi) is 11.4. The van der Waals surface area contributed by atoms with Crippen molar-refractivity contribution in [2.24, 2.45) is 5.92 Å². The number of cyclic esters (lactones) is 1. The highest BCUT2D eigenvalue weighted by Gasteiger charge is 2.26. The molecule has 7 heteroatoms. The van der Waals surface area contributed by atoms with Gasteiger partial charge in [0.2, 0.25) is 11.8 Å². The summed E-state index contributed by atoms with van der Waals surface area (Å²) in [6.07, 6.45) is 8.30. The van der Waals surface area contributed by atoms with Crippen LogP contribution in [0.15, 0.2) is 0 Å². The number of ether oxygens (including phenoxy) is 1. The van der Waals surface area contributed by atoms with Gasteiger partial charge in [0.15, 0.2) is 0 Å². The molecule has 0 spiro atoms. The van der Waals surface area contributed by atoms with Crippen molar-refractivity contribution < 1.29 is 19.1 Å². The highest BCUT2D eigenvalue weighted by atomic mass is 32.2. The number of hydrogen-bond acceptors (Lipinski definition) is 5. The van der Waals surface area contributed by atoms with Crippen molar-refractivity contribution in [2.75, 3.05) is 18.6 Å².